The summed E-state index contributed by atoms with van der Waals surface area (Å²) in [6.07, 6.45) is 0. The first-order chi connectivity index (χ1) is 13.9. The molecule has 6 heteroatoms. The Bertz CT molecular complexity index is 1000. The Labute approximate surface area is 169 Å². The molecule has 0 radical (unpaired) electrons. The molecule has 0 aliphatic heterocycles. The lowest BCUT2D eigenvalue weighted by Crippen LogP contribution is -2.87. The highest BCUT2D eigenvalue weighted by Gasteiger charge is 2.19. The minimum atomic E-state index is -0.468. The van der Waals surface area contributed by atoms with E-state index in [1.165, 1.54) is 17.7 Å². The van der Waals surface area contributed by atoms with Crippen molar-refractivity contribution in [3.05, 3.63) is 105 Å². The highest BCUT2D eigenvalue weighted by Crippen LogP contribution is 2.22. The number of quaternary nitrogens is 1. The molecule has 1 atom stereocenters. The van der Waals surface area contributed by atoms with E-state index in [4.69, 9.17) is 0 Å². The summed E-state index contributed by atoms with van der Waals surface area (Å²) < 4.78 is 0. The van der Waals surface area contributed by atoms with E-state index in [0.29, 0.717) is 5.69 Å². The van der Waals surface area contributed by atoms with Crippen molar-refractivity contribution in [2.45, 2.75) is 19.9 Å². The predicted molar refractivity (Wildman–Crippen MR) is 113 cm³/mol. The van der Waals surface area contributed by atoms with Gasteiger partial charge in [0.15, 0.2) is 6.54 Å². The Morgan fingerprint density at radius 1 is 1.00 bits per heavy atom. The van der Waals surface area contributed by atoms with Gasteiger partial charge in [-0.25, -0.2) is 0 Å². The molecule has 6 nitrogen and oxygen atoms in total. The lowest BCUT2D eigenvalue weighted by Gasteiger charge is -2.17. The van der Waals surface area contributed by atoms with Gasteiger partial charge in [0.2, 0.25) is 0 Å². The number of hydrogen-bond donors (Lipinski definition) is 2. The maximum absolute atomic E-state index is 12.6. The maximum Gasteiger partial charge on any atom is 0.279 e. The summed E-state index contributed by atoms with van der Waals surface area (Å²) >= 11 is 0. The highest BCUT2D eigenvalue weighted by atomic mass is 16.6. The molecule has 0 unspecified atom stereocenters. The summed E-state index contributed by atoms with van der Waals surface area (Å²) in [5, 5.41) is 15.8. The molecular formula is C23H24N3O3+. The lowest BCUT2D eigenvalue weighted by atomic mass is 9.98. The molecule has 3 rings (SSSR count). The van der Waals surface area contributed by atoms with Crippen molar-refractivity contribution in [3.63, 3.8) is 0 Å². The van der Waals surface area contributed by atoms with Crippen LogP contribution in [0, 0.1) is 24.0 Å². The summed E-state index contributed by atoms with van der Waals surface area (Å²) in [6, 6.07) is 22.7. The second-order valence-corrected chi connectivity index (χ2v) is 7.04. The van der Waals surface area contributed by atoms with Crippen molar-refractivity contribution in [1.29, 1.82) is 0 Å². The zero-order valence-electron chi connectivity index (χ0n) is 16.5. The van der Waals surface area contributed by atoms with E-state index in [0.717, 1.165) is 16.7 Å². The van der Waals surface area contributed by atoms with Gasteiger partial charge in [-0.05, 0) is 19.4 Å². The molecule has 3 aromatic carbocycles. The minimum absolute atomic E-state index is 0.0197. The topological polar surface area (TPSA) is 88.8 Å². The van der Waals surface area contributed by atoms with Gasteiger partial charge < -0.3 is 10.6 Å². The van der Waals surface area contributed by atoms with E-state index < -0.39 is 4.92 Å². The van der Waals surface area contributed by atoms with Gasteiger partial charge in [0.25, 0.3) is 11.6 Å². The summed E-state index contributed by atoms with van der Waals surface area (Å²) in [5.74, 6) is -0.207. The van der Waals surface area contributed by atoms with Crippen molar-refractivity contribution >= 4 is 17.3 Å². The quantitative estimate of drug-likeness (QED) is 0.478. The van der Waals surface area contributed by atoms with E-state index in [1.54, 1.807) is 6.07 Å². The standard InChI is InChI=1S/C23H23N3O3/c1-16-8-11-19(12-9-16)23(18-6-4-3-5-7-18)24-15-22(27)25-21-14-20(26(28)29)13-10-17(21)2/h3-14,23-24H,15H2,1-2H3,(H,25,27)/p+1/t23-/m1/s1. The molecule has 0 aliphatic rings. The number of aryl methyl sites for hydroxylation is 2. The monoisotopic (exact) mass is 390 g/mol. The molecule has 3 aromatic rings. The number of hydrogen-bond acceptors (Lipinski definition) is 3. The molecule has 148 valence electrons. The molecule has 0 spiro atoms. The highest BCUT2D eigenvalue weighted by molar-refractivity contribution is 5.92. The van der Waals surface area contributed by atoms with Crippen LogP contribution in [0.2, 0.25) is 0 Å². The van der Waals surface area contributed by atoms with Crippen LogP contribution in [-0.4, -0.2) is 17.4 Å². The van der Waals surface area contributed by atoms with Gasteiger partial charge in [-0.2, -0.15) is 0 Å². The molecule has 29 heavy (non-hydrogen) atoms. The summed E-state index contributed by atoms with van der Waals surface area (Å²) in [7, 11) is 0. The number of amides is 1. The minimum Gasteiger partial charge on any atom is -0.328 e. The first-order valence-corrected chi connectivity index (χ1v) is 9.44. The number of anilines is 1. The second-order valence-electron chi connectivity index (χ2n) is 7.04. The molecule has 0 saturated carbocycles. The molecule has 0 aliphatic carbocycles. The normalized spacial score (nSPS) is 11.7. The number of carbonyl (C=O) groups excluding carboxylic acids is 1. The molecule has 0 saturated heterocycles. The number of carbonyl (C=O) groups is 1. The smallest absolute Gasteiger partial charge is 0.279 e. The Morgan fingerprint density at radius 3 is 2.31 bits per heavy atom. The van der Waals surface area contributed by atoms with Crippen molar-refractivity contribution in [2.75, 3.05) is 11.9 Å². The molecule has 0 aromatic heterocycles. The van der Waals surface area contributed by atoms with E-state index in [9.17, 15) is 14.9 Å². The number of non-ortho nitro benzene ring substituents is 1. The number of nitrogens with two attached hydrogens (primary N) is 1. The Kier molecular flexibility index (Phi) is 6.36. The third-order valence-electron chi connectivity index (χ3n) is 4.84. The predicted octanol–water partition coefficient (Wildman–Crippen LogP) is 3.50. The van der Waals surface area contributed by atoms with Crippen LogP contribution in [0.5, 0.6) is 0 Å². The third kappa shape index (κ3) is 5.27. The Hall–Kier alpha value is -3.51. The second kappa shape index (κ2) is 9.12. The number of nitro benzene ring substituents is 1. The van der Waals surface area contributed by atoms with Crippen molar-refractivity contribution in [2.24, 2.45) is 0 Å². The molecule has 1 amide bonds. The van der Waals surface area contributed by atoms with Gasteiger partial charge in [0, 0.05) is 23.3 Å². The number of nitro groups is 1. The average Bonchev–Trinajstić information content (AvgIpc) is 2.71. The summed E-state index contributed by atoms with van der Waals surface area (Å²) in [4.78, 5) is 23.1. The van der Waals surface area contributed by atoms with Gasteiger partial charge in [0.1, 0.15) is 6.04 Å². The first kappa shape index (κ1) is 20.2. The van der Waals surface area contributed by atoms with E-state index in [1.807, 2.05) is 49.5 Å². The van der Waals surface area contributed by atoms with E-state index >= 15 is 0 Å². The Morgan fingerprint density at radius 2 is 1.66 bits per heavy atom. The molecular weight excluding hydrogens is 366 g/mol. The van der Waals surface area contributed by atoms with Gasteiger partial charge >= 0.3 is 0 Å². The number of rotatable bonds is 7. The molecule has 0 fully saturated rings. The van der Waals surface area contributed by atoms with Gasteiger partial charge in [-0.1, -0.05) is 66.2 Å². The lowest BCUT2D eigenvalue weighted by molar-refractivity contribution is -0.676. The number of nitrogens with zero attached hydrogens (tertiary/aromatic N) is 1. The van der Waals surface area contributed by atoms with Crippen LogP contribution in [0.25, 0.3) is 0 Å². The number of nitrogens with one attached hydrogen (secondary N) is 1. The molecule has 3 N–H and O–H groups in total. The average molecular weight is 390 g/mol. The zero-order valence-corrected chi connectivity index (χ0v) is 16.5. The van der Waals surface area contributed by atoms with Gasteiger partial charge in [-0.3, -0.25) is 14.9 Å². The van der Waals surface area contributed by atoms with Crippen molar-refractivity contribution in [3.8, 4) is 0 Å². The van der Waals surface area contributed by atoms with Crippen LogP contribution in [-0.2, 0) is 4.79 Å². The summed E-state index contributed by atoms with van der Waals surface area (Å²) in [5.41, 5.74) is 4.60. The largest absolute Gasteiger partial charge is 0.328 e. The zero-order chi connectivity index (χ0) is 20.8. The number of benzene rings is 3. The van der Waals surface area contributed by atoms with Crippen LogP contribution in [0.1, 0.15) is 28.3 Å². The Balaban J connectivity index is 1.74. The fourth-order valence-electron chi connectivity index (χ4n) is 3.18. The van der Waals surface area contributed by atoms with Crippen LogP contribution in [0.3, 0.4) is 0 Å². The van der Waals surface area contributed by atoms with Crippen LogP contribution in [0.4, 0.5) is 11.4 Å². The first-order valence-electron chi connectivity index (χ1n) is 9.44. The third-order valence-corrected chi connectivity index (χ3v) is 4.84. The maximum atomic E-state index is 12.6. The SMILES string of the molecule is Cc1ccc([C@H]([NH2+]CC(=O)Nc2cc([N+](=O)[O-])ccc2C)c2ccccc2)cc1. The summed E-state index contributed by atoms with van der Waals surface area (Å²) in [6.45, 7) is 4.04. The van der Waals surface area contributed by atoms with Gasteiger partial charge in [-0.15, -0.1) is 0 Å². The van der Waals surface area contributed by atoms with Crippen molar-refractivity contribution in [1.82, 2.24) is 0 Å². The molecule has 0 bridgehead atoms. The van der Waals surface area contributed by atoms with Crippen LogP contribution < -0.4 is 10.6 Å². The van der Waals surface area contributed by atoms with Crippen molar-refractivity contribution < 1.29 is 15.0 Å². The molecule has 0 heterocycles. The fraction of sp³-hybridized carbons (Fsp3) is 0.174. The van der Waals surface area contributed by atoms with Crippen LogP contribution >= 0.6 is 0 Å². The van der Waals surface area contributed by atoms with Gasteiger partial charge in [0.05, 0.1) is 10.6 Å². The fourth-order valence-corrected chi connectivity index (χ4v) is 3.18. The van der Waals surface area contributed by atoms with Crippen LogP contribution in [0.15, 0.2) is 72.8 Å². The van der Waals surface area contributed by atoms with E-state index in [2.05, 4.69) is 29.6 Å². The van der Waals surface area contributed by atoms with E-state index in [-0.39, 0.29) is 24.2 Å².